The molecular formula is C9H13ClN2. The van der Waals surface area contributed by atoms with E-state index >= 15 is 0 Å². The second-order valence-corrected chi connectivity index (χ2v) is 2.44. The first kappa shape index (κ1) is 11.1. The first-order valence-electron chi connectivity index (χ1n) is 3.80. The zero-order valence-electron chi connectivity index (χ0n) is 7.03. The largest absolute Gasteiger partial charge is 0.312 e. The summed E-state index contributed by atoms with van der Waals surface area (Å²) in [5.41, 5.74) is 0.991. The zero-order chi connectivity index (χ0) is 8.10. The molecule has 0 fully saturated rings. The van der Waals surface area contributed by atoms with Crippen LogP contribution in [0.25, 0.3) is 0 Å². The number of rotatable bonds is 3. The van der Waals surface area contributed by atoms with Crippen LogP contribution in [0.3, 0.4) is 0 Å². The van der Waals surface area contributed by atoms with Gasteiger partial charge in [-0.15, -0.1) is 12.4 Å². The van der Waals surface area contributed by atoms with Gasteiger partial charge >= 0.3 is 0 Å². The lowest BCUT2D eigenvalue weighted by atomic mass is 10.0. The molecule has 0 aliphatic heterocycles. The third kappa shape index (κ3) is 2.62. The summed E-state index contributed by atoms with van der Waals surface area (Å²) in [7, 11) is 0. The Bertz CT molecular complexity index is 223. The second kappa shape index (κ2) is 5.72. The summed E-state index contributed by atoms with van der Waals surface area (Å²) in [6, 6.07) is 5.80. The number of hydrogen-bond donors (Lipinski definition) is 1. The van der Waals surface area contributed by atoms with Gasteiger partial charge in [-0.1, -0.05) is 13.0 Å². The molecule has 0 bridgehead atoms. The maximum absolute atomic E-state index is 7.13. The van der Waals surface area contributed by atoms with Crippen LogP contribution in [0.5, 0.6) is 0 Å². The molecular weight excluding hydrogens is 172 g/mol. The topological polar surface area (TPSA) is 36.7 Å². The van der Waals surface area contributed by atoms with E-state index in [1.54, 1.807) is 6.20 Å². The second-order valence-electron chi connectivity index (χ2n) is 2.44. The van der Waals surface area contributed by atoms with E-state index < -0.39 is 0 Å². The van der Waals surface area contributed by atoms with Crippen molar-refractivity contribution in [2.45, 2.75) is 19.3 Å². The highest BCUT2D eigenvalue weighted by Gasteiger charge is 2.04. The molecule has 66 valence electrons. The van der Waals surface area contributed by atoms with Crippen LogP contribution in [0.1, 0.15) is 25.0 Å². The molecule has 0 saturated heterocycles. The summed E-state index contributed by atoms with van der Waals surface area (Å²) in [6.45, 7) is 2.06. The van der Waals surface area contributed by atoms with Gasteiger partial charge in [-0.2, -0.15) is 0 Å². The van der Waals surface area contributed by atoms with E-state index in [1.807, 2.05) is 18.2 Å². The van der Waals surface area contributed by atoms with Crippen molar-refractivity contribution < 1.29 is 0 Å². The highest BCUT2D eigenvalue weighted by molar-refractivity contribution is 5.85. The van der Waals surface area contributed by atoms with Crippen molar-refractivity contribution in [2.75, 3.05) is 0 Å². The molecule has 1 rings (SSSR count). The van der Waals surface area contributed by atoms with Crippen LogP contribution < -0.4 is 0 Å². The number of aromatic nitrogens is 1. The van der Waals surface area contributed by atoms with Crippen molar-refractivity contribution in [1.29, 1.82) is 5.41 Å². The molecule has 12 heavy (non-hydrogen) atoms. The zero-order valence-corrected chi connectivity index (χ0v) is 7.84. The summed E-state index contributed by atoms with van der Waals surface area (Å²) < 4.78 is 0. The van der Waals surface area contributed by atoms with E-state index in [0.717, 1.165) is 12.1 Å². The maximum atomic E-state index is 7.13. The Balaban J connectivity index is 0.00000121. The Labute approximate surface area is 78.9 Å². The van der Waals surface area contributed by atoms with Crippen molar-refractivity contribution in [2.24, 2.45) is 0 Å². The standard InChI is InChI=1S/C9H12N2.ClH/c1-2-8(7-10)9-5-3-4-6-11-9;/h3-8,10H,2H2,1H3;1H. The van der Waals surface area contributed by atoms with Crippen LogP contribution in [0.15, 0.2) is 24.4 Å². The molecule has 3 heteroatoms. The molecule has 0 spiro atoms. The minimum Gasteiger partial charge on any atom is -0.312 e. The van der Waals surface area contributed by atoms with E-state index in [4.69, 9.17) is 5.41 Å². The average molecular weight is 185 g/mol. The summed E-state index contributed by atoms with van der Waals surface area (Å²) in [5, 5.41) is 7.13. The molecule has 0 amide bonds. The maximum Gasteiger partial charge on any atom is 0.0487 e. The molecule has 1 unspecified atom stereocenters. The molecule has 0 aliphatic rings. The van der Waals surface area contributed by atoms with Gasteiger partial charge in [0.2, 0.25) is 0 Å². The number of hydrogen-bond acceptors (Lipinski definition) is 2. The van der Waals surface area contributed by atoms with Gasteiger partial charge in [-0.25, -0.2) is 0 Å². The molecule has 2 nitrogen and oxygen atoms in total. The van der Waals surface area contributed by atoms with Gasteiger partial charge in [0.15, 0.2) is 0 Å². The van der Waals surface area contributed by atoms with Crippen molar-refractivity contribution in [3.8, 4) is 0 Å². The molecule has 1 N–H and O–H groups in total. The molecule has 1 atom stereocenters. The van der Waals surface area contributed by atoms with Crippen LogP contribution in [0.2, 0.25) is 0 Å². The third-order valence-electron chi connectivity index (χ3n) is 1.71. The van der Waals surface area contributed by atoms with Crippen molar-refractivity contribution in [3.05, 3.63) is 30.1 Å². The number of nitrogens with zero attached hydrogens (tertiary/aromatic N) is 1. The van der Waals surface area contributed by atoms with E-state index in [-0.39, 0.29) is 18.3 Å². The summed E-state index contributed by atoms with van der Waals surface area (Å²) >= 11 is 0. The Morgan fingerprint density at radius 3 is 2.75 bits per heavy atom. The first-order chi connectivity index (χ1) is 5.38. The molecule has 0 aromatic carbocycles. The van der Waals surface area contributed by atoms with Crippen molar-refractivity contribution in [1.82, 2.24) is 4.98 Å². The van der Waals surface area contributed by atoms with Crippen LogP contribution in [-0.2, 0) is 0 Å². The van der Waals surface area contributed by atoms with Crippen LogP contribution >= 0.6 is 12.4 Å². The Kier molecular flexibility index (Phi) is 5.30. The molecule has 1 aromatic rings. The van der Waals surface area contributed by atoms with E-state index in [1.165, 1.54) is 6.21 Å². The predicted molar refractivity (Wildman–Crippen MR) is 53.3 cm³/mol. The summed E-state index contributed by atoms with van der Waals surface area (Å²) in [4.78, 5) is 4.17. The van der Waals surface area contributed by atoms with Gasteiger partial charge in [0.25, 0.3) is 0 Å². The van der Waals surface area contributed by atoms with Gasteiger partial charge in [0.1, 0.15) is 0 Å². The van der Waals surface area contributed by atoms with Gasteiger partial charge < -0.3 is 5.41 Å². The fourth-order valence-electron chi connectivity index (χ4n) is 1.01. The Morgan fingerprint density at radius 2 is 2.33 bits per heavy atom. The van der Waals surface area contributed by atoms with Gasteiger partial charge in [-0.05, 0) is 18.6 Å². The normalized spacial score (nSPS) is 11.4. The smallest absolute Gasteiger partial charge is 0.0487 e. The summed E-state index contributed by atoms with van der Waals surface area (Å²) in [5.74, 6) is 0.191. The van der Waals surface area contributed by atoms with Gasteiger partial charge in [0.05, 0.1) is 0 Å². The number of nitrogens with one attached hydrogen (secondary N) is 1. The Morgan fingerprint density at radius 1 is 1.58 bits per heavy atom. The SMILES string of the molecule is CCC(C=N)c1ccccn1.Cl. The monoisotopic (exact) mass is 184 g/mol. The van der Waals surface area contributed by atoms with Crippen LogP contribution in [0, 0.1) is 5.41 Å². The summed E-state index contributed by atoms with van der Waals surface area (Å²) in [6.07, 6.45) is 4.16. The third-order valence-corrected chi connectivity index (χ3v) is 1.71. The van der Waals surface area contributed by atoms with E-state index in [0.29, 0.717) is 0 Å². The Hall–Kier alpha value is -0.890. The van der Waals surface area contributed by atoms with Gasteiger partial charge in [0, 0.05) is 24.0 Å². The van der Waals surface area contributed by atoms with Crippen LogP contribution in [-0.4, -0.2) is 11.2 Å². The molecule has 0 saturated carbocycles. The van der Waals surface area contributed by atoms with Crippen molar-refractivity contribution in [3.63, 3.8) is 0 Å². The lowest BCUT2D eigenvalue weighted by molar-refractivity contribution is 0.821. The first-order valence-corrected chi connectivity index (χ1v) is 3.80. The minimum absolute atomic E-state index is 0. The molecule has 0 aliphatic carbocycles. The van der Waals surface area contributed by atoms with Crippen molar-refractivity contribution >= 4 is 18.6 Å². The van der Waals surface area contributed by atoms with E-state index in [9.17, 15) is 0 Å². The minimum atomic E-state index is 0. The highest BCUT2D eigenvalue weighted by atomic mass is 35.5. The molecule has 1 heterocycles. The predicted octanol–water partition coefficient (Wildman–Crippen LogP) is 2.65. The number of halogens is 1. The van der Waals surface area contributed by atoms with Crippen LogP contribution in [0.4, 0.5) is 0 Å². The molecule has 0 radical (unpaired) electrons. The number of pyridine rings is 1. The average Bonchev–Trinajstić information content (AvgIpc) is 2.09. The lowest BCUT2D eigenvalue weighted by Crippen LogP contribution is -1.99. The lowest BCUT2D eigenvalue weighted by Gasteiger charge is -2.05. The quantitative estimate of drug-likeness (QED) is 0.721. The fourth-order valence-corrected chi connectivity index (χ4v) is 1.01. The van der Waals surface area contributed by atoms with Gasteiger partial charge in [-0.3, -0.25) is 4.98 Å². The molecule has 1 aromatic heterocycles. The fraction of sp³-hybridized carbons (Fsp3) is 0.333. The van der Waals surface area contributed by atoms with E-state index in [2.05, 4.69) is 11.9 Å². The highest BCUT2D eigenvalue weighted by Crippen LogP contribution is 2.12.